The quantitative estimate of drug-likeness (QED) is 0.0357. The number of esters is 1. The second-order valence-corrected chi connectivity index (χ2v) is 15.7. The third kappa shape index (κ3) is 12.3. The number of ether oxygens (including phenoxy) is 6. The number of halogens is 1. The first-order chi connectivity index (χ1) is 28.0. The SMILES string of the molecule is CCCCCCCCCCCCOc1ccc(OCc2ccc3c(c2)C(F)c2cc(OC(=O)c4ccc(OCCCCOCC5(CC)COC5)cc4)ccc2-3)cc1. The molecule has 6 rings (SSSR count). The lowest BCUT2D eigenvalue weighted by atomic mass is 9.84. The normalized spacial score (nSPS) is 15.0. The van der Waals surface area contributed by atoms with Crippen LogP contribution in [0.4, 0.5) is 4.39 Å². The maximum Gasteiger partial charge on any atom is 0.343 e. The van der Waals surface area contributed by atoms with Crippen LogP contribution in [-0.2, 0) is 16.1 Å². The van der Waals surface area contributed by atoms with Crippen molar-refractivity contribution in [2.75, 3.05) is 39.6 Å². The second-order valence-electron chi connectivity index (χ2n) is 15.7. The molecule has 0 radical (unpaired) electrons. The standard InChI is InChI=1S/C49H61FO7/c1-3-5-6-7-8-9-10-11-12-13-29-54-40-21-23-41(24-22-40)56-33-37-16-26-43-44-27-25-42(32-46(44)47(50)45(43)31-37)57-48(51)38-17-19-39(20-18-38)55-30-15-14-28-52-34-49(4-2)35-53-36-49/h16-27,31-32,47H,3-15,28-30,33-36H2,1-2H3. The smallest absolute Gasteiger partial charge is 0.343 e. The van der Waals surface area contributed by atoms with Crippen molar-refractivity contribution < 1.29 is 37.6 Å². The van der Waals surface area contributed by atoms with Crippen LogP contribution in [0.5, 0.6) is 23.0 Å². The number of hydrogen-bond acceptors (Lipinski definition) is 7. The lowest BCUT2D eigenvalue weighted by Gasteiger charge is -2.40. The number of carbonyl (C=O) groups excluding carboxylic acids is 1. The minimum atomic E-state index is -1.34. The van der Waals surface area contributed by atoms with Gasteiger partial charge in [-0.3, -0.25) is 0 Å². The van der Waals surface area contributed by atoms with Gasteiger partial charge in [0, 0.05) is 17.6 Å². The highest BCUT2D eigenvalue weighted by Gasteiger charge is 2.37. The van der Waals surface area contributed by atoms with Crippen molar-refractivity contribution in [2.24, 2.45) is 5.41 Å². The van der Waals surface area contributed by atoms with E-state index in [9.17, 15) is 4.79 Å². The van der Waals surface area contributed by atoms with Crippen LogP contribution in [0.25, 0.3) is 11.1 Å². The van der Waals surface area contributed by atoms with E-state index in [4.69, 9.17) is 28.4 Å². The van der Waals surface area contributed by atoms with Gasteiger partial charge < -0.3 is 28.4 Å². The van der Waals surface area contributed by atoms with Gasteiger partial charge in [-0.1, -0.05) is 89.8 Å². The number of rotatable bonds is 26. The van der Waals surface area contributed by atoms with Crippen molar-refractivity contribution in [3.63, 3.8) is 0 Å². The molecule has 0 spiro atoms. The summed E-state index contributed by atoms with van der Waals surface area (Å²) in [6.45, 7) is 9.08. The van der Waals surface area contributed by atoms with Gasteiger partial charge in [0.15, 0.2) is 6.17 Å². The first kappa shape index (κ1) is 42.2. The van der Waals surface area contributed by atoms with E-state index in [1.165, 1.54) is 57.8 Å². The fourth-order valence-corrected chi connectivity index (χ4v) is 7.38. The van der Waals surface area contributed by atoms with Crippen molar-refractivity contribution in [1.82, 2.24) is 0 Å². The van der Waals surface area contributed by atoms with E-state index in [-0.39, 0.29) is 5.41 Å². The minimum absolute atomic E-state index is 0.208. The average Bonchev–Trinajstić information content (AvgIpc) is 3.50. The molecule has 1 atom stereocenters. The van der Waals surface area contributed by atoms with E-state index >= 15 is 4.39 Å². The van der Waals surface area contributed by atoms with Gasteiger partial charge in [0.2, 0.25) is 0 Å². The Hall–Kier alpha value is -4.40. The van der Waals surface area contributed by atoms with Gasteiger partial charge in [-0.15, -0.1) is 0 Å². The third-order valence-corrected chi connectivity index (χ3v) is 11.2. The van der Waals surface area contributed by atoms with Gasteiger partial charge in [0.05, 0.1) is 38.6 Å². The van der Waals surface area contributed by atoms with E-state index in [0.717, 1.165) is 80.3 Å². The lowest BCUT2D eigenvalue weighted by molar-refractivity contribution is -0.150. The minimum Gasteiger partial charge on any atom is -0.494 e. The fraction of sp³-hybridized carbons (Fsp3) is 0.490. The summed E-state index contributed by atoms with van der Waals surface area (Å²) in [5.41, 5.74) is 4.17. The highest BCUT2D eigenvalue weighted by atomic mass is 19.1. The van der Waals surface area contributed by atoms with Crippen LogP contribution in [0.2, 0.25) is 0 Å². The number of carbonyl (C=O) groups is 1. The highest BCUT2D eigenvalue weighted by molar-refractivity contribution is 5.91. The van der Waals surface area contributed by atoms with Crippen molar-refractivity contribution in [1.29, 1.82) is 0 Å². The van der Waals surface area contributed by atoms with Gasteiger partial charge in [0.1, 0.15) is 29.6 Å². The van der Waals surface area contributed by atoms with Gasteiger partial charge in [0.25, 0.3) is 0 Å². The van der Waals surface area contributed by atoms with E-state index in [2.05, 4.69) is 13.8 Å². The van der Waals surface area contributed by atoms with Crippen LogP contribution in [-0.4, -0.2) is 45.6 Å². The first-order valence-corrected chi connectivity index (χ1v) is 21.3. The predicted molar refractivity (Wildman–Crippen MR) is 223 cm³/mol. The molecule has 2 aliphatic rings. The summed E-state index contributed by atoms with van der Waals surface area (Å²) in [6.07, 6.45) is 14.5. The number of unbranched alkanes of at least 4 members (excludes halogenated alkanes) is 10. The van der Waals surface area contributed by atoms with Crippen LogP contribution in [0.1, 0.15) is 131 Å². The average molecular weight is 781 g/mol. The van der Waals surface area contributed by atoms with Gasteiger partial charge in [-0.05, 0) is 115 Å². The molecule has 4 aromatic carbocycles. The number of hydrogen-bond donors (Lipinski definition) is 0. The van der Waals surface area contributed by atoms with Crippen molar-refractivity contribution >= 4 is 5.97 Å². The zero-order valence-corrected chi connectivity index (χ0v) is 34.0. The summed E-state index contributed by atoms with van der Waals surface area (Å²) in [4.78, 5) is 13.0. The Balaban J connectivity index is 0.888. The number of benzene rings is 4. The van der Waals surface area contributed by atoms with Gasteiger partial charge in [-0.25, -0.2) is 9.18 Å². The second kappa shape index (κ2) is 21.9. The van der Waals surface area contributed by atoms with E-state index < -0.39 is 12.1 Å². The molecule has 1 aliphatic carbocycles. The Kier molecular flexibility index (Phi) is 16.2. The Labute approximate surface area is 339 Å². The zero-order valence-electron chi connectivity index (χ0n) is 34.0. The lowest BCUT2D eigenvalue weighted by Crippen LogP contribution is -2.45. The van der Waals surface area contributed by atoms with Crippen molar-refractivity contribution in [3.8, 4) is 34.1 Å². The van der Waals surface area contributed by atoms with Crippen LogP contribution in [0, 0.1) is 5.41 Å². The molecule has 7 nitrogen and oxygen atoms in total. The Morgan fingerprint density at radius 3 is 1.77 bits per heavy atom. The predicted octanol–water partition coefficient (Wildman–Crippen LogP) is 12.4. The van der Waals surface area contributed by atoms with Crippen LogP contribution in [0.15, 0.2) is 84.9 Å². The molecule has 306 valence electrons. The largest absolute Gasteiger partial charge is 0.494 e. The van der Waals surface area contributed by atoms with Crippen LogP contribution < -0.4 is 18.9 Å². The summed E-state index contributed by atoms with van der Waals surface area (Å²) in [5.74, 6) is 2.03. The summed E-state index contributed by atoms with van der Waals surface area (Å²) >= 11 is 0. The van der Waals surface area contributed by atoms with Crippen LogP contribution >= 0.6 is 0 Å². The molecule has 1 unspecified atom stereocenters. The molecule has 0 amide bonds. The topological polar surface area (TPSA) is 72.5 Å². The Morgan fingerprint density at radius 2 is 1.16 bits per heavy atom. The molecule has 8 heteroatoms. The van der Waals surface area contributed by atoms with E-state index in [1.807, 2.05) is 48.5 Å². The van der Waals surface area contributed by atoms with E-state index in [1.54, 1.807) is 36.4 Å². The molecule has 4 aromatic rings. The summed E-state index contributed by atoms with van der Waals surface area (Å²) in [6, 6.07) is 25.5. The third-order valence-electron chi connectivity index (χ3n) is 11.2. The Morgan fingerprint density at radius 1 is 0.632 bits per heavy atom. The fourth-order valence-electron chi connectivity index (χ4n) is 7.38. The molecule has 1 saturated heterocycles. The van der Waals surface area contributed by atoms with Gasteiger partial charge in [-0.2, -0.15) is 0 Å². The van der Waals surface area contributed by atoms with Crippen LogP contribution in [0.3, 0.4) is 0 Å². The molecular weight excluding hydrogens is 720 g/mol. The molecule has 0 bridgehead atoms. The van der Waals surface area contributed by atoms with Crippen molar-refractivity contribution in [2.45, 2.75) is 110 Å². The summed E-state index contributed by atoms with van der Waals surface area (Å²) in [7, 11) is 0. The van der Waals surface area contributed by atoms with Crippen molar-refractivity contribution in [3.05, 3.63) is 107 Å². The Bertz CT molecular complexity index is 1810. The van der Waals surface area contributed by atoms with Gasteiger partial charge >= 0.3 is 5.97 Å². The molecule has 1 fully saturated rings. The highest BCUT2D eigenvalue weighted by Crippen LogP contribution is 2.47. The number of alkyl halides is 1. The molecule has 0 aromatic heterocycles. The molecule has 1 heterocycles. The summed E-state index contributed by atoms with van der Waals surface area (Å²) < 4.78 is 50.6. The number of fused-ring (bicyclic) bond motifs is 3. The maximum absolute atomic E-state index is 15.9. The molecule has 1 aliphatic heterocycles. The molecule has 0 saturated carbocycles. The molecular formula is C49H61FO7. The summed E-state index contributed by atoms with van der Waals surface area (Å²) in [5, 5.41) is 0. The molecule has 0 N–H and O–H groups in total. The first-order valence-electron chi connectivity index (χ1n) is 21.3. The molecule has 57 heavy (non-hydrogen) atoms. The maximum atomic E-state index is 15.9. The monoisotopic (exact) mass is 780 g/mol. The van der Waals surface area contributed by atoms with E-state index in [0.29, 0.717) is 48.0 Å². The zero-order chi connectivity index (χ0) is 39.7.